The van der Waals surface area contributed by atoms with Crippen LogP contribution in [0.15, 0.2) is 12.3 Å². The fourth-order valence-electron chi connectivity index (χ4n) is 1.76. The monoisotopic (exact) mass is 254 g/mol. The minimum atomic E-state index is -0.0347. The van der Waals surface area contributed by atoms with E-state index in [-0.39, 0.29) is 11.7 Å². The third-order valence-electron chi connectivity index (χ3n) is 2.91. The van der Waals surface area contributed by atoms with E-state index in [1.54, 1.807) is 6.07 Å². The number of likely N-dealkylation sites (N-methyl/N-ethyl adjacent to an activating group) is 1. The number of halogens is 1. The number of nitrogens with zero attached hydrogens (tertiary/aromatic N) is 3. The number of anilines is 1. The van der Waals surface area contributed by atoms with Crippen LogP contribution >= 0.6 is 11.6 Å². The first-order valence-electron chi connectivity index (χ1n) is 5.47. The molecule has 1 aliphatic rings. The molecule has 0 saturated carbocycles. The van der Waals surface area contributed by atoms with Crippen LogP contribution in [0.3, 0.4) is 0 Å². The summed E-state index contributed by atoms with van der Waals surface area (Å²) >= 11 is 5.85. The van der Waals surface area contributed by atoms with E-state index in [0.717, 1.165) is 26.2 Å². The lowest BCUT2D eigenvalue weighted by Gasteiger charge is -2.32. The topological polar surface area (TPSA) is 62.5 Å². The van der Waals surface area contributed by atoms with Crippen molar-refractivity contribution in [3.8, 4) is 0 Å². The molecule has 1 fully saturated rings. The molecule has 2 rings (SSSR count). The fraction of sp³-hybridized carbons (Fsp3) is 0.455. The van der Waals surface area contributed by atoms with Gasteiger partial charge in [-0.3, -0.25) is 4.79 Å². The Morgan fingerprint density at radius 3 is 2.65 bits per heavy atom. The lowest BCUT2D eigenvalue weighted by Crippen LogP contribution is -2.47. The number of carbonyl (C=O) groups is 1. The van der Waals surface area contributed by atoms with Gasteiger partial charge in [-0.05, 0) is 13.1 Å². The highest BCUT2D eigenvalue weighted by Gasteiger charge is 2.20. The number of nitrogens with two attached hydrogens (primary N) is 1. The quantitative estimate of drug-likeness (QED) is 0.802. The van der Waals surface area contributed by atoms with Crippen molar-refractivity contribution < 1.29 is 4.79 Å². The van der Waals surface area contributed by atoms with E-state index in [1.807, 2.05) is 11.9 Å². The number of amides is 1. The summed E-state index contributed by atoms with van der Waals surface area (Å²) in [5, 5.41) is 0.324. The smallest absolute Gasteiger partial charge is 0.255 e. The molecule has 17 heavy (non-hydrogen) atoms. The summed E-state index contributed by atoms with van der Waals surface area (Å²) in [4.78, 5) is 20.0. The van der Waals surface area contributed by atoms with E-state index >= 15 is 0 Å². The molecule has 0 aliphatic carbocycles. The Hall–Kier alpha value is -1.33. The Balaban J connectivity index is 2.11. The molecule has 0 radical (unpaired) electrons. The van der Waals surface area contributed by atoms with Gasteiger partial charge in [0.15, 0.2) is 0 Å². The highest BCUT2D eigenvalue weighted by atomic mass is 35.5. The highest BCUT2D eigenvalue weighted by molar-refractivity contribution is 6.33. The fourth-order valence-corrected chi connectivity index (χ4v) is 1.92. The van der Waals surface area contributed by atoms with Gasteiger partial charge in [0.25, 0.3) is 5.91 Å². The van der Waals surface area contributed by atoms with Crippen molar-refractivity contribution in [3.63, 3.8) is 0 Å². The van der Waals surface area contributed by atoms with Gasteiger partial charge in [0, 0.05) is 32.4 Å². The Kier molecular flexibility index (Phi) is 3.49. The van der Waals surface area contributed by atoms with Gasteiger partial charge in [0.05, 0.1) is 10.6 Å². The molecule has 0 aromatic carbocycles. The molecule has 1 aromatic rings. The molecule has 1 aromatic heterocycles. The lowest BCUT2D eigenvalue weighted by molar-refractivity contribution is 0.0664. The zero-order chi connectivity index (χ0) is 12.4. The third kappa shape index (κ3) is 2.68. The second-order valence-corrected chi connectivity index (χ2v) is 4.59. The summed E-state index contributed by atoms with van der Waals surface area (Å²) in [7, 11) is 2.05. The number of pyridine rings is 1. The van der Waals surface area contributed by atoms with Crippen LogP contribution in [0.4, 0.5) is 5.82 Å². The number of aromatic nitrogens is 1. The lowest BCUT2D eigenvalue weighted by atomic mass is 10.2. The molecular formula is C11H15ClN4O. The molecule has 0 bridgehead atoms. The van der Waals surface area contributed by atoms with Crippen LogP contribution in [0.5, 0.6) is 0 Å². The summed E-state index contributed by atoms with van der Waals surface area (Å²) in [5.41, 5.74) is 6.01. The van der Waals surface area contributed by atoms with E-state index < -0.39 is 0 Å². The van der Waals surface area contributed by atoms with Crippen molar-refractivity contribution in [2.75, 3.05) is 39.0 Å². The minimum absolute atomic E-state index is 0.0347. The number of rotatable bonds is 1. The van der Waals surface area contributed by atoms with Crippen LogP contribution in [-0.2, 0) is 0 Å². The largest absolute Gasteiger partial charge is 0.382 e. The molecule has 92 valence electrons. The van der Waals surface area contributed by atoms with Gasteiger partial charge in [0.2, 0.25) is 0 Å². The van der Waals surface area contributed by atoms with E-state index in [4.69, 9.17) is 17.3 Å². The van der Waals surface area contributed by atoms with Crippen molar-refractivity contribution in [2.45, 2.75) is 0 Å². The Morgan fingerprint density at radius 2 is 2.06 bits per heavy atom. The van der Waals surface area contributed by atoms with E-state index in [2.05, 4.69) is 9.88 Å². The van der Waals surface area contributed by atoms with E-state index in [1.165, 1.54) is 6.20 Å². The molecular weight excluding hydrogens is 240 g/mol. The van der Waals surface area contributed by atoms with Gasteiger partial charge < -0.3 is 15.5 Å². The first-order valence-corrected chi connectivity index (χ1v) is 5.84. The molecule has 1 aliphatic heterocycles. The van der Waals surface area contributed by atoms with Gasteiger partial charge in [-0.1, -0.05) is 11.6 Å². The molecule has 2 heterocycles. The molecule has 0 spiro atoms. The van der Waals surface area contributed by atoms with Gasteiger partial charge in [-0.15, -0.1) is 0 Å². The van der Waals surface area contributed by atoms with Crippen molar-refractivity contribution in [1.29, 1.82) is 0 Å². The first kappa shape index (κ1) is 12.1. The molecule has 0 atom stereocenters. The number of carbonyl (C=O) groups excluding carboxylic acids is 1. The molecule has 2 N–H and O–H groups in total. The van der Waals surface area contributed by atoms with Crippen LogP contribution < -0.4 is 5.73 Å². The average Bonchev–Trinajstić information content (AvgIpc) is 2.33. The number of hydrogen-bond donors (Lipinski definition) is 1. The Labute approximate surface area is 105 Å². The molecule has 5 nitrogen and oxygen atoms in total. The minimum Gasteiger partial charge on any atom is -0.382 e. The zero-order valence-electron chi connectivity index (χ0n) is 9.69. The summed E-state index contributed by atoms with van der Waals surface area (Å²) in [6.45, 7) is 3.25. The predicted molar refractivity (Wildman–Crippen MR) is 67.1 cm³/mol. The summed E-state index contributed by atoms with van der Waals surface area (Å²) < 4.78 is 0. The van der Waals surface area contributed by atoms with Crippen LogP contribution in [-0.4, -0.2) is 53.9 Å². The van der Waals surface area contributed by atoms with Crippen LogP contribution in [0, 0.1) is 0 Å². The predicted octanol–water partition coefficient (Wildman–Crippen LogP) is 0.705. The standard InChI is InChI=1S/C11H15ClN4O/c1-15-2-4-16(5-3-15)11(17)8-6-9(12)10(13)14-7-8/h6-7H,2-5H2,1H3,(H2,13,14). The first-order chi connectivity index (χ1) is 8.08. The van der Waals surface area contributed by atoms with Crippen molar-refractivity contribution in [2.24, 2.45) is 0 Å². The number of hydrogen-bond acceptors (Lipinski definition) is 4. The van der Waals surface area contributed by atoms with E-state index in [0.29, 0.717) is 10.6 Å². The summed E-state index contributed by atoms with van der Waals surface area (Å²) in [6.07, 6.45) is 1.47. The maximum absolute atomic E-state index is 12.1. The molecule has 6 heteroatoms. The van der Waals surface area contributed by atoms with Gasteiger partial charge in [-0.2, -0.15) is 0 Å². The number of nitrogen functional groups attached to an aromatic ring is 1. The molecule has 1 saturated heterocycles. The normalized spacial score (nSPS) is 17.2. The molecule has 1 amide bonds. The van der Waals surface area contributed by atoms with Crippen molar-refractivity contribution in [3.05, 3.63) is 22.8 Å². The maximum atomic E-state index is 12.1. The summed E-state index contributed by atoms with van der Waals surface area (Å²) in [5.74, 6) is 0.217. The van der Waals surface area contributed by atoms with Gasteiger partial charge in [0.1, 0.15) is 5.82 Å². The Bertz CT molecular complexity index is 429. The second kappa shape index (κ2) is 4.89. The third-order valence-corrected chi connectivity index (χ3v) is 3.21. The van der Waals surface area contributed by atoms with E-state index in [9.17, 15) is 4.79 Å². The SMILES string of the molecule is CN1CCN(C(=O)c2cnc(N)c(Cl)c2)CC1. The van der Waals surface area contributed by atoms with Crippen molar-refractivity contribution in [1.82, 2.24) is 14.8 Å². The van der Waals surface area contributed by atoms with Crippen LogP contribution in [0.2, 0.25) is 5.02 Å². The summed E-state index contributed by atoms with van der Waals surface area (Å²) in [6, 6.07) is 1.57. The molecule has 0 unspecified atom stereocenters. The van der Waals surface area contributed by atoms with Crippen molar-refractivity contribution >= 4 is 23.3 Å². The van der Waals surface area contributed by atoms with Gasteiger partial charge >= 0.3 is 0 Å². The average molecular weight is 255 g/mol. The van der Waals surface area contributed by atoms with Crippen LogP contribution in [0.25, 0.3) is 0 Å². The second-order valence-electron chi connectivity index (χ2n) is 4.19. The zero-order valence-corrected chi connectivity index (χ0v) is 10.4. The highest BCUT2D eigenvalue weighted by Crippen LogP contribution is 2.18. The maximum Gasteiger partial charge on any atom is 0.255 e. The van der Waals surface area contributed by atoms with Gasteiger partial charge in [-0.25, -0.2) is 4.98 Å². The Morgan fingerprint density at radius 1 is 1.41 bits per heavy atom. The number of piperazine rings is 1. The van der Waals surface area contributed by atoms with Crippen LogP contribution in [0.1, 0.15) is 10.4 Å².